The van der Waals surface area contributed by atoms with E-state index < -0.39 is 0 Å². The first-order chi connectivity index (χ1) is 9.63. The molecule has 0 saturated heterocycles. The van der Waals surface area contributed by atoms with Gasteiger partial charge in [-0.1, -0.05) is 18.2 Å². The third kappa shape index (κ3) is 2.54. The average Bonchev–Trinajstić information content (AvgIpc) is 2.95. The Morgan fingerprint density at radius 1 is 1.45 bits per heavy atom. The van der Waals surface area contributed by atoms with Crippen LogP contribution in [0.25, 0.3) is 0 Å². The molecule has 2 aromatic rings. The molecule has 0 radical (unpaired) electrons. The Kier molecular flexibility index (Phi) is 3.44. The number of carbonyl (C=O) groups excluding carboxylic acids is 1. The number of benzene rings is 1. The molecule has 0 aliphatic carbocycles. The maximum Gasteiger partial charge on any atom is 0.226 e. The van der Waals surface area contributed by atoms with Gasteiger partial charge in [-0.2, -0.15) is 0 Å². The highest BCUT2D eigenvalue weighted by Gasteiger charge is 2.24. The Bertz CT molecular complexity index is 631. The Labute approximate surface area is 122 Å². The number of rotatable bonds is 3. The molecular formula is C15H17N3OS. The number of nitrogens with zero attached hydrogens (tertiary/aromatic N) is 1. The summed E-state index contributed by atoms with van der Waals surface area (Å²) in [6, 6.07) is 8.17. The van der Waals surface area contributed by atoms with Crippen molar-refractivity contribution in [2.24, 2.45) is 0 Å². The van der Waals surface area contributed by atoms with Crippen LogP contribution in [0.1, 0.15) is 28.5 Å². The molecule has 0 bridgehead atoms. The van der Waals surface area contributed by atoms with Gasteiger partial charge in [-0.05, 0) is 25.5 Å². The minimum atomic E-state index is 0.0299. The highest BCUT2D eigenvalue weighted by atomic mass is 32.1. The van der Waals surface area contributed by atoms with E-state index in [2.05, 4.69) is 27.8 Å². The smallest absolute Gasteiger partial charge is 0.226 e. The summed E-state index contributed by atoms with van der Waals surface area (Å²) in [6.45, 7) is 4.79. The van der Waals surface area contributed by atoms with E-state index >= 15 is 0 Å². The summed E-state index contributed by atoms with van der Waals surface area (Å²) >= 11 is 1.53. The van der Waals surface area contributed by atoms with E-state index in [9.17, 15) is 4.79 Å². The first-order valence-corrected chi connectivity index (χ1v) is 7.52. The number of hydrogen-bond acceptors (Lipinski definition) is 4. The molecule has 1 aliphatic rings. The van der Waals surface area contributed by atoms with Crippen LogP contribution in [-0.4, -0.2) is 17.4 Å². The first-order valence-electron chi connectivity index (χ1n) is 6.70. The van der Waals surface area contributed by atoms with Gasteiger partial charge in [-0.15, -0.1) is 11.3 Å². The number of nitrogens with one attached hydrogen (secondary N) is 2. The lowest BCUT2D eigenvalue weighted by molar-refractivity contribution is -0.116. The van der Waals surface area contributed by atoms with Gasteiger partial charge < -0.3 is 10.6 Å². The lowest BCUT2D eigenvalue weighted by atomic mass is 9.98. The number of fused-ring (bicyclic) bond motifs is 1. The van der Waals surface area contributed by atoms with Gasteiger partial charge in [0.2, 0.25) is 5.91 Å². The molecule has 2 N–H and O–H groups in total. The van der Waals surface area contributed by atoms with E-state index in [0.29, 0.717) is 11.6 Å². The fourth-order valence-electron chi connectivity index (χ4n) is 2.46. The number of carbonyl (C=O) groups is 1. The zero-order valence-electron chi connectivity index (χ0n) is 11.6. The van der Waals surface area contributed by atoms with Gasteiger partial charge in [0.05, 0.1) is 5.69 Å². The second-order valence-electron chi connectivity index (χ2n) is 5.08. The highest BCUT2D eigenvalue weighted by Crippen LogP contribution is 2.33. The Hall–Kier alpha value is -1.88. The largest absolute Gasteiger partial charge is 0.384 e. The van der Waals surface area contributed by atoms with E-state index in [0.717, 1.165) is 22.8 Å². The summed E-state index contributed by atoms with van der Waals surface area (Å²) in [6.07, 6.45) is 0.488. The van der Waals surface area contributed by atoms with Crippen molar-refractivity contribution in [3.8, 4) is 0 Å². The molecule has 104 valence electrons. The summed E-state index contributed by atoms with van der Waals surface area (Å²) in [4.78, 5) is 17.6. The van der Waals surface area contributed by atoms with Crippen LogP contribution in [0, 0.1) is 13.8 Å². The van der Waals surface area contributed by atoms with Crippen molar-refractivity contribution < 1.29 is 4.79 Å². The lowest BCUT2D eigenvalue weighted by Gasteiger charge is -2.09. The number of thiazole rings is 1. The third-order valence-corrected chi connectivity index (χ3v) is 4.63. The number of para-hydroxylation sites is 1. The Balaban J connectivity index is 1.65. The molecule has 5 heteroatoms. The predicted octanol–water partition coefficient (Wildman–Crippen LogP) is 3.30. The maximum absolute atomic E-state index is 12.1. The monoisotopic (exact) mass is 287 g/mol. The molecule has 4 nitrogen and oxygen atoms in total. The van der Waals surface area contributed by atoms with Crippen LogP contribution >= 0.6 is 11.3 Å². The molecular weight excluding hydrogens is 270 g/mol. The van der Waals surface area contributed by atoms with Gasteiger partial charge >= 0.3 is 0 Å². The topological polar surface area (TPSA) is 54.0 Å². The summed E-state index contributed by atoms with van der Waals surface area (Å²) < 4.78 is 0. The van der Waals surface area contributed by atoms with Gasteiger partial charge in [-0.3, -0.25) is 4.79 Å². The van der Waals surface area contributed by atoms with E-state index in [1.54, 1.807) is 0 Å². The van der Waals surface area contributed by atoms with Crippen LogP contribution < -0.4 is 10.6 Å². The van der Waals surface area contributed by atoms with Gasteiger partial charge in [-0.25, -0.2) is 4.98 Å². The molecule has 1 unspecified atom stereocenters. The van der Waals surface area contributed by atoms with Gasteiger partial charge in [0.1, 0.15) is 0 Å². The summed E-state index contributed by atoms with van der Waals surface area (Å²) in [7, 11) is 0. The average molecular weight is 287 g/mol. The second kappa shape index (κ2) is 5.25. The quantitative estimate of drug-likeness (QED) is 0.910. The number of aryl methyl sites for hydroxylation is 2. The number of aromatic nitrogens is 1. The molecule has 1 atom stereocenters. The fraction of sp³-hybridized carbons (Fsp3) is 0.333. The summed E-state index contributed by atoms with van der Waals surface area (Å²) in [5, 5.41) is 6.94. The van der Waals surface area contributed by atoms with Crippen LogP contribution in [0.3, 0.4) is 0 Å². The maximum atomic E-state index is 12.1. The van der Waals surface area contributed by atoms with E-state index in [-0.39, 0.29) is 11.8 Å². The molecule has 2 heterocycles. The number of anilines is 2. The van der Waals surface area contributed by atoms with Gasteiger partial charge in [0.15, 0.2) is 5.13 Å². The van der Waals surface area contributed by atoms with Crippen molar-refractivity contribution in [2.75, 3.05) is 17.2 Å². The van der Waals surface area contributed by atoms with Crippen molar-refractivity contribution in [2.45, 2.75) is 26.2 Å². The van der Waals surface area contributed by atoms with Crippen molar-refractivity contribution in [1.82, 2.24) is 4.98 Å². The van der Waals surface area contributed by atoms with Crippen molar-refractivity contribution >= 4 is 28.1 Å². The molecule has 1 aromatic carbocycles. The van der Waals surface area contributed by atoms with E-state index in [1.807, 2.05) is 26.0 Å². The molecule has 3 rings (SSSR count). The van der Waals surface area contributed by atoms with E-state index in [4.69, 9.17) is 0 Å². The fourth-order valence-corrected chi connectivity index (χ4v) is 3.29. The Morgan fingerprint density at radius 2 is 2.25 bits per heavy atom. The normalized spacial score (nSPS) is 16.6. The minimum absolute atomic E-state index is 0.0299. The molecule has 0 saturated carbocycles. The van der Waals surface area contributed by atoms with Gasteiger partial charge in [0, 0.05) is 29.4 Å². The zero-order valence-corrected chi connectivity index (χ0v) is 12.4. The van der Waals surface area contributed by atoms with Gasteiger partial charge in [0.25, 0.3) is 0 Å². The molecule has 0 fully saturated rings. The molecule has 0 spiro atoms. The predicted molar refractivity (Wildman–Crippen MR) is 82.5 cm³/mol. The zero-order chi connectivity index (χ0) is 14.1. The standard InChI is InChI=1S/C15H17N3OS/c1-9-10(2)20-15(17-9)18-14(19)7-11-8-16-13-6-4-3-5-12(11)13/h3-6,11,16H,7-8H2,1-2H3,(H,17,18,19). The molecule has 1 amide bonds. The van der Waals surface area contributed by atoms with Crippen LogP contribution in [0.5, 0.6) is 0 Å². The molecule has 1 aliphatic heterocycles. The second-order valence-corrected chi connectivity index (χ2v) is 6.28. The van der Waals surface area contributed by atoms with Crippen LogP contribution in [0.4, 0.5) is 10.8 Å². The van der Waals surface area contributed by atoms with Crippen molar-refractivity contribution in [1.29, 1.82) is 0 Å². The van der Waals surface area contributed by atoms with Crippen LogP contribution in [0.15, 0.2) is 24.3 Å². The molecule has 1 aromatic heterocycles. The number of hydrogen-bond donors (Lipinski definition) is 2. The third-order valence-electron chi connectivity index (χ3n) is 3.65. The SMILES string of the molecule is Cc1nc(NC(=O)CC2CNc3ccccc32)sc1C. The lowest BCUT2D eigenvalue weighted by Crippen LogP contribution is -2.16. The summed E-state index contributed by atoms with van der Waals surface area (Å²) in [5.41, 5.74) is 3.36. The van der Waals surface area contributed by atoms with Crippen molar-refractivity contribution in [3.63, 3.8) is 0 Å². The van der Waals surface area contributed by atoms with Crippen molar-refractivity contribution in [3.05, 3.63) is 40.4 Å². The van der Waals surface area contributed by atoms with Crippen LogP contribution in [-0.2, 0) is 4.79 Å². The highest BCUT2D eigenvalue weighted by molar-refractivity contribution is 7.15. The first kappa shape index (κ1) is 13.1. The summed E-state index contributed by atoms with van der Waals surface area (Å²) in [5.74, 6) is 0.274. The minimum Gasteiger partial charge on any atom is -0.384 e. The number of amides is 1. The van der Waals surface area contributed by atoms with Crippen LogP contribution in [0.2, 0.25) is 0 Å². The van der Waals surface area contributed by atoms with E-state index in [1.165, 1.54) is 16.9 Å². The Morgan fingerprint density at radius 3 is 3.00 bits per heavy atom. The molecule has 20 heavy (non-hydrogen) atoms.